The first kappa shape index (κ1) is 14.7. The largest absolute Gasteiger partial charge is 0.393 e. The Morgan fingerprint density at radius 3 is 2.68 bits per heavy atom. The number of nitrogens with zero attached hydrogens (tertiary/aromatic N) is 3. The van der Waals surface area contributed by atoms with Gasteiger partial charge in [-0.3, -0.25) is 4.98 Å². The van der Waals surface area contributed by atoms with Crippen molar-refractivity contribution in [2.75, 3.05) is 0 Å². The van der Waals surface area contributed by atoms with Gasteiger partial charge >= 0.3 is 0 Å². The van der Waals surface area contributed by atoms with Crippen molar-refractivity contribution >= 4 is 28.2 Å². The smallest absolute Gasteiger partial charge is 0.159 e. The maximum atomic E-state index is 5.68. The van der Waals surface area contributed by atoms with Crippen molar-refractivity contribution in [2.45, 2.75) is 26.8 Å². The Morgan fingerprint density at radius 2 is 2.00 bits per heavy atom. The van der Waals surface area contributed by atoms with Crippen LogP contribution in [-0.4, -0.2) is 19.5 Å². The van der Waals surface area contributed by atoms with Gasteiger partial charge in [-0.05, 0) is 49.2 Å². The third kappa shape index (κ3) is 2.72. The van der Waals surface area contributed by atoms with Crippen LogP contribution >= 0.6 is 12.2 Å². The van der Waals surface area contributed by atoms with E-state index < -0.39 is 0 Å². The van der Waals surface area contributed by atoms with E-state index in [-0.39, 0.29) is 0 Å². The predicted octanol–water partition coefficient (Wildman–Crippen LogP) is 3.39. The molecule has 0 saturated carbocycles. The molecule has 0 spiro atoms. The highest BCUT2D eigenvalue weighted by Gasteiger charge is 2.14. The van der Waals surface area contributed by atoms with E-state index in [1.807, 2.05) is 18.2 Å². The molecule has 2 N–H and O–H groups in total. The van der Waals surface area contributed by atoms with Crippen LogP contribution in [0.1, 0.15) is 17.5 Å². The van der Waals surface area contributed by atoms with Gasteiger partial charge in [0.25, 0.3) is 0 Å². The highest BCUT2D eigenvalue weighted by atomic mass is 32.1. The summed E-state index contributed by atoms with van der Waals surface area (Å²) >= 11 is 5.03. The van der Waals surface area contributed by atoms with Crippen LogP contribution in [0.15, 0.2) is 36.5 Å². The molecular formula is C17H18N4S. The van der Waals surface area contributed by atoms with Gasteiger partial charge in [-0.1, -0.05) is 18.3 Å². The van der Waals surface area contributed by atoms with Crippen LogP contribution in [0.2, 0.25) is 0 Å². The summed E-state index contributed by atoms with van der Waals surface area (Å²) < 4.78 is 2.16. The second-order valence-corrected chi connectivity index (χ2v) is 5.97. The average molecular weight is 310 g/mol. The summed E-state index contributed by atoms with van der Waals surface area (Å²) in [6.07, 6.45) is 2.43. The minimum absolute atomic E-state index is 0.512. The molecule has 2 heterocycles. The van der Waals surface area contributed by atoms with E-state index in [0.717, 1.165) is 22.6 Å². The van der Waals surface area contributed by atoms with Gasteiger partial charge in [0.05, 0.1) is 16.0 Å². The van der Waals surface area contributed by atoms with Crippen LogP contribution in [0, 0.1) is 13.8 Å². The van der Waals surface area contributed by atoms with Crippen molar-refractivity contribution in [3.05, 3.63) is 47.7 Å². The van der Waals surface area contributed by atoms with Crippen molar-refractivity contribution in [1.29, 1.82) is 0 Å². The zero-order valence-electron chi connectivity index (χ0n) is 12.7. The molecule has 0 atom stereocenters. The van der Waals surface area contributed by atoms with Crippen LogP contribution in [-0.2, 0) is 6.54 Å². The number of fused-ring (bicyclic) bond motifs is 1. The fourth-order valence-electron chi connectivity index (χ4n) is 2.52. The van der Waals surface area contributed by atoms with E-state index >= 15 is 0 Å². The number of thiocarbonyl (C=S) groups is 1. The fourth-order valence-corrected chi connectivity index (χ4v) is 2.61. The lowest BCUT2D eigenvalue weighted by Gasteiger charge is -2.09. The Balaban J connectivity index is 2.21. The van der Waals surface area contributed by atoms with Gasteiger partial charge in [-0.15, -0.1) is 0 Å². The topological polar surface area (TPSA) is 56.7 Å². The lowest BCUT2D eigenvalue weighted by Crippen LogP contribution is -2.12. The van der Waals surface area contributed by atoms with Gasteiger partial charge in [0.15, 0.2) is 5.82 Å². The summed E-state index contributed by atoms with van der Waals surface area (Å²) in [5.74, 6) is 0.858. The van der Waals surface area contributed by atoms with Gasteiger partial charge in [0.2, 0.25) is 0 Å². The summed E-state index contributed by atoms with van der Waals surface area (Å²) in [5.41, 5.74) is 11.1. The monoisotopic (exact) mass is 310 g/mol. The van der Waals surface area contributed by atoms with E-state index in [1.165, 1.54) is 11.1 Å². The molecule has 0 aliphatic heterocycles. The molecule has 0 aliphatic carbocycles. The number of pyridine rings is 1. The third-order valence-electron chi connectivity index (χ3n) is 3.84. The molecule has 0 fully saturated rings. The Bertz CT molecular complexity index is 837. The molecule has 112 valence electrons. The Kier molecular flexibility index (Phi) is 3.90. The highest BCUT2D eigenvalue weighted by molar-refractivity contribution is 7.80. The van der Waals surface area contributed by atoms with Gasteiger partial charge in [-0.2, -0.15) is 0 Å². The molecule has 5 heteroatoms. The molecule has 3 aromatic rings. The van der Waals surface area contributed by atoms with E-state index in [2.05, 4.69) is 35.5 Å². The number of hydrogen-bond donors (Lipinski definition) is 1. The van der Waals surface area contributed by atoms with Crippen LogP contribution < -0.4 is 5.73 Å². The summed E-state index contributed by atoms with van der Waals surface area (Å²) in [4.78, 5) is 9.72. The molecule has 4 nitrogen and oxygen atoms in total. The van der Waals surface area contributed by atoms with E-state index in [9.17, 15) is 0 Å². The maximum absolute atomic E-state index is 5.68. The molecule has 0 radical (unpaired) electrons. The normalized spacial score (nSPS) is 11.0. The molecular weight excluding hydrogens is 292 g/mol. The minimum atomic E-state index is 0.512. The SMILES string of the molecule is Cc1cc2nc(-c3ccccn3)n(CCC(N)=S)c2cc1C. The van der Waals surface area contributed by atoms with Crippen LogP contribution in [0.3, 0.4) is 0 Å². The molecule has 1 aromatic carbocycles. The summed E-state index contributed by atoms with van der Waals surface area (Å²) in [6.45, 7) is 4.92. The minimum Gasteiger partial charge on any atom is -0.393 e. The zero-order valence-corrected chi connectivity index (χ0v) is 13.5. The Hall–Kier alpha value is -2.27. The molecule has 0 aliphatic rings. The number of hydrogen-bond acceptors (Lipinski definition) is 3. The predicted molar refractivity (Wildman–Crippen MR) is 93.8 cm³/mol. The van der Waals surface area contributed by atoms with E-state index in [4.69, 9.17) is 22.9 Å². The van der Waals surface area contributed by atoms with Crippen molar-refractivity contribution in [3.63, 3.8) is 0 Å². The van der Waals surface area contributed by atoms with Gasteiger partial charge in [-0.25, -0.2) is 4.98 Å². The number of nitrogens with two attached hydrogens (primary N) is 1. The first-order valence-electron chi connectivity index (χ1n) is 7.23. The molecule has 3 rings (SSSR count). The standard InChI is InChI=1S/C17H18N4S/c1-11-9-14-15(10-12(11)2)21(8-6-16(18)22)17(20-14)13-5-3-4-7-19-13/h3-5,7,9-10H,6,8H2,1-2H3,(H2,18,22). The number of aromatic nitrogens is 3. The fraction of sp³-hybridized carbons (Fsp3) is 0.235. The number of rotatable bonds is 4. The zero-order chi connectivity index (χ0) is 15.7. The quantitative estimate of drug-likeness (QED) is 0.750. The number of imidazole rings is 1. The highest BCUT2D eigenvalue weighted by Crippen LogP contribution is 2.26. The van der Waals surface area contributed by atoms with Crippen LogP contribution in [0.25, 0.3) is 22.6 Å². The Labute approximate surface area is 135 Å². The molecule has 2 aromatic heterocycles. The molecule has 22 heavy (non-hydrogen) atoms. The van der Waals surface area contributed by atoms with Crippen molar-refractivity contribution < 1.29 is 0 Å². The maximum Gasteiger partial charge on any atom is 0.159 e. The molecule has 0 unspecified atom stereocenters. The number of benzene rings is 1. The van der Waals surface area contributed by atoms with Crippen LogP contribution in [0.4, 0.5) is 0 Å². The van der Waals surface area contributed by atoms with Gasteiger partial charge < -0.3 is 10.3 Å². The summed E-state index contributed by atoms with van der Waals surface area (Å²) in [6, 6.07) is 10.1. The second kappa shape index (κ2) is 5.85. The Morgan fingerprint density at radius 1 is 1.23 bits per heavy atom. The van der Waals surface area contributed by atoms with Gasteiger partial charge in [0, 0.05) is 19.2 Å². The lowest BCUT2D eigenvalue weighted by atomic mass is 10.1. The van der Waals surface area contributed by atoms with E-state index in [1.54, 1.807) is 6.20 Å². The first-order chi connectivity index (χ1) is 10.6. The van der Waals surface area contributed by atoms with Crippen molar-refractivity contribution in [2.24, 2.45) is 5.73 Å². The van der Waals surface area contributed by atoms with Crippen molar-refractivity contribution in [1.82, 2.24) is 14.5 Å². The lowest BCUT2D eigenvalue weighted by molar-refractivity contribution is 0.754. The summed E-state index contributed by atoms with van der Waals surface area (Å²) in [5, 5.41) is 0. The molecule has 0 saturated heterocycles. The first-order valence-corrected chi connectivity index (χ1v) is 7.64. The number of aryl methyl sites for hydroxylation is 3. The van der Waals surface area contributed by atoms with Crippen LogP contribution in [0.5, 0.6) is 0 Å². The summed E-state index contributed by atoms with van der Waals surface area (Å²) in [7, 11) is 0. The third-order valence-corrected chi connectivity index (χ3v) is 4.04. The molecule has 0 bridgehead atoms. The van der Waals surface area contributed by atoms with Gasteiger partial charge in [0.1, 0.15) is 5.69 Å². The second-order valence-electron chi connectivity index (χ2n) is 5.44. The molecule has 0 amide bonds. The average Bonchev–Trinajstić information content (AvgIpc) is 2.84. The van der Waals surface area contributed by atoms with E-state index in [0.29, 0.717) is 18.0 Å². The van der Waals surface area contributed by atoms with Crippen molar-refractivity contribution in [3.8, 4) is 11.5 Å².